The van der Waals surface area contributed by atoms with Crippen LogP contribution in [0, 0.1) is 5.92 Å². The molecule has 4 heterocycles. The monoisotopic (exact) mass is 324 g/mol. The molecule has 0 radical (unpaired) electrons. The van der Waals surface area contributed by atoms with E-state index in [1.165, 1.54) is 12.0 Å². The molecule has 4 heteroatoms. The number of methoxy groups -OCH3 is 1. The Morgan fingerprint density at radius 1 is 1.38 bits per heavy atom. The van der Waals surface area contributed by atoms with Crippen molar-refractivity contribution in [2.24, 2.45) is 5.92 Å². The maximum atomic E-state index is 11.2. The Balaban J connectivity index is 1.70. The van der Waals surface area contributed by atoms with Gasteiger partial charge in [-0.25, -0.2) is 0 Å². The Kier molecular flexibility index (Phi) is 4.02. The normalized spacial score (nSPS) is 29.1. The van der Waals surface area contributed by atoms with Crippen LogP contribution in [-0.2, 0) is 0 Å². The topological polar surface area (TPSA) is 45.6 Å². The number of rotatable bonds is 3. The lowest BCUT2D eigenvalue weighted by Gasteiger charge is -2.48. The van der Waals surface area contributed by atoms with Crippen molar-refractivity contribution in [1.82, 2.24) is 9.88 Å². The molecule has 3 fully saturated rings. The summed E-state index contributed by atoms with van der Waals surface area (Å²) in [5.41, 5.74) is 3.39. The van der Waals surface area contributed by atoms with Crippen LogP contribution < -0.4 is 4.74 Å². The van der Waals surface area contributed by atoms with Gasteiger partial charge in [0.2, 0.25) is 0 Å². The smallest absolute Gasteiger partial charge is 0.119 e. The van der Waals surface area contributed by atoms with E-state index in [0.29, 0.717) is 5.92 Å². The van der Waals surface area contributed by atoms with Crippen molar-refractivity contribution in [2.45, 2.75) is 31.9 Å². The van der Waals surface area contributed by atoms with Gasteiger partial charge in [0.25, 0.3) is 0 Å². The molecule has 1 aromatic heterocycles. The summed E-state index contributed by atoms with van der Waals surface area (Å²) in [5, 5.41) is 12.1. The predicted octanol–water partition coefficient (Wildman–Crippen LogP) is 3.32. The second-order valence-corrected chi connectivity index (χ2v) is 6.85. The van der Waals surface area contributed by atoms with Crippen LogP contribution in [0.15, 0.2) is 42.1 Å². The lowest BCUT2D eigenvalue weighted by Crippen LogP contribution is -2.52. The second kappa shape index (κ2) is 6.19. The number of aliphatic hydroxyl groups is 1. The highest BCUT2D eigenvalue weighted by atomic mass is 16.5. The van der Waals surface area contributed by atoms with Crippen molar-refractivity contribution < 1.29 is 9.84 Å². The number of aliphatic hydroxyl groups excluding tert-OH is 1. The van der Waals surface area contributed by atoms with E-state index in [9.17, 15) is 5.11 Å². The zero-order chi connectivity index (χ0) is 16.7. The first-order valence-corrected chi connectivity index (χ1v) is 8.71. The quantitative estimate of drug-likeness (QED) is 0.880. The van der Waals surface area contributed by atoms with E-state index in [-0.39, 0.29) is 6.04 Å². The molecular weight excluding hydrogens is 300 g/mol. The van der Waals surface area contributed by atoms with Crippen molar-refractivity contribution in [3.63, 3.8) is 0 Å². The maximum Gasteiger partial charge on any atom is 0.119 e. The van der Waals surface area contributed by atoms with E-state index in [0.717, 1.165) is 41.7 Å². The summed E-state index contributed by atoms with van der Waals surface area (Å²) >= 11 is 0. The average Bonchev–Trinajstić information content (AvgIpc) is 2.66. The fourth-order valence-corrected chi connectivity index (χ4v) is 4.34. The van der Waals surface area contributed by atoms with Gasteiger partial charge in [0.15, 0.2) is 0 Å². The number of benzene rings is 1. The third-order valence-corrected chi connectivity index (χ3v) is 5.71. The van der Waals surface area contributed by atoms with Crippen LogP contribution in [0.2, 0.25) is 0 Å². The number of pyridine rings is 1. The molecule has 126 valence electrons. The molecule has 24 heavy (non-hydrogen) atoms. The zero-order valence-corrected chi connectivity index (χ0v) is 14.3. The van der Waals surface area contributed by atoms with Crippen LogP contribution in [-0.4, -0.2) is 41.2 Å². The first-order valence-electron chi connectivity index (χ1n) is 8.71. The van der Waals surface area contributed by atoms with E-state index >= 15 is 0 Å². The summed E-state index contributed by atoms with van der Waals surface area (Å²) in [7, 11) is 1.66. The van der Waals surface area contributed by atoms with Gasteiger partial charge in [0, 0.05) is 24.2 Å². The molecule has 4 nitrogen and oxygen atoms in total. The van der Waals surface area contributed by atoms with Gasteiger partial charge in [-0.1, -0.05) is 11.6 Å². The van der Waals surface area contributed by atoms with Gasteiger partial charge in [-0.05, 0) is 62.1 Å². The van der Waals surface area contributed by atoms with Crippen molar-refractivity contribution in [3.8, 4) is 5.75 Å². The summed E-state index contributed by atoms with van der Waals surface area (Å²) in [5.74, 6) is 1.42. The minimum absolute atomic E-state index is 0.184. The van der Waals surface area contributed by atoms with Crippen LogP contribution in [0.3, 0.4) is 0 Å². The molecule has 0 amide bonds. The molecule has 3 saturated heterocycles. The number of allylic oxidation sites excluding steroid dienone is 1. The minimum Gasteiger partial charge on any atom is -0.497 e. The zero-order valence-electron chi connectivity index (χ0n) is 14.3. The van der Waals surface area contributed by atoms with E-state index in [4.69, 9.17) is 4.74 Å². The minimum atomic E-state index is -0.496. The summed E-state index contributed by atoms with van der Waals surface area (Å²) in [6.07, 6.45) is 5.80. The Morgan fingerprint density at radius 3 is 2.96 bits per heavy atom. The average molecular weight is 324 g/mol. The molecule has 3 aliphatic heterocycles. The highest BCUT2D eigenvalue weighted by Crippen LogP contribution is 2.41. The number of nitrogens with zero attached hydrogens (tertiary/aromatic N) is 2. The van der Waals surface area contributed by atoms with Crippen molar-refractivity contribution >= 4 is 10.9 Å². The van der Waals surface area contributed by atoms with Gasteiger partial charge < -0.3 is 9.84 Å². The largest absolute Gasteiger partial charge is 0.497 e. The van der Waals surface area contributed by atoms with E-state index < -0.39 is 6.10 Å². The predicted molar refractivity (Wildman–Crippen MR) is 95.1 cm³/mol. The summed E-state index contributed by atoms with van der Waals surface area (Å²) in [6.45, 7) is 4.20. The Morgan fingerprint density at radius 2 is 2.25 bits per heavy atom. The number of piperidine rings is 3. The third kappa shape index (κ3) is 2.50. The van der Waals surface area contributed by atoms with Crippen LogP contribution in [0.5, 0.6) is 5.75 Å². The summed E-state index contributed by atoms with van der Waals surface area (Å²) < 4.78 is 5.35. The molecule has 2 aromatic rings. The molecule has 3 aliphatic rings. The lowest BCUT2D eigenvalue weighted by molar-refractivity contribution is -0.00340. The molecule has 5 rings (SSSR count). The van der Waals surface area contributed by atoms with E-state index in [2.05, 4.69) is 22.9 Å². The third-order valence-electron chi connectivity index (χ3n) is 5.71. The summed E-state index contributed by atoms with van der Waals surface area (Å²) in [6, 6.07) is 7.98. The molecule has 1 aromatic carbocycles. The SMILES string of the molecule is C/C=C1/CN2CC[C@@H]1C[C@H]2[C@H](O)c1ccnc2ccc(OC)cc12. The first kappa shape index (κ1) is 15.6. The molecule has 0 spiro atoms. The Hall–Kier alpha value is -1.91. The van der Waals surface area contributed by atoms with Crippen LogP contribution in [0.25, 0.3) is 10.9 Å². The highest BCUT2D eigenvalue weighted by molar-refractivity contribution is 5.83. The van der Waals surface area contributed by atoms with E-state index in [1.54, 1.807) is 13.3 Å². The van der Waals surface area contributed by atoms with Gasteiger partial charge in [-0.15, -0.1) is 0 Å². The van der Waals surface area contributed by atoms with Crippen molar-refractivity contribution in [3.05, 3.63) is 47.7 Å². The van der Waals surface area contributed by atoms with Crippen molar-refractivity contribution in [2.75, 3.05) is 20.2 Å². The molecule has 0 saturated carbocycles. The van der Waals surface area contributed by atoms with E-state index in [1.807, 2.05) is 24.3 Å². The Bertz CT molecular complexity index is 786. The number of hydrogen-bond acceptors (Lipinski definition) is 4. The number of hydrogen-bond donors (Lipinski definition) is 1. The highest BCUT2D eigenvalue weighted by Gasteiger charge is 2.40. The Labute approximate surface area is 142 Å². The van der Waals surface area contributed by atoms with Crippen LogP contribution in [0.4, 0.5) is 0 Å². The number of aromatic nitrogens is 1. The van der Waals surface area contributed by atoms with Gasteiger partial charge in [0.05, 0.1) is 18.7 Å². The van der Waals surface area contributed by atoms with Gasteiger partial charge >= 0.3 is 0 Å². The van der Waals surface area contributed by atoms with Crippen LogP contribution in [0.1, 0.15) is 31.4 Å². The van der Waals surface area contributed by atoms with Crippen LogP contribution >= 0.6 is 0 Å². The molecular formula is C20H24N2O2. The number of ether oxygens (including phenoxy) is 1. The molecule has 1 unspecified atom stereocenters. The lowest BCUT2D eigenvalue weighted by atomic mass is 9.76. The van der Waals surface area contributed by atoms with Gasteiger partial charge in [-0.3, -0.25) is 9.88 Å². The standard InChI is InChI=1S/C20H24N2O2/c1-3-13-12-22-9-7-14(13)10-19(22)20(23)16-6-8-21-18-5-4-15(24-2)11-17(16)18/h3-6,8,11,14,19-20,23H,7,9-10,12H2,1-2H3/b13-3-/t14-,19+,20-/m1/s1. The molecule has 0 aliphatic carbocycles. The maximum absolute atomic E-state index is 11.2. The van der Waals surface area contributed by atoms with Gasteiger partial charge in [0.1, 0.15) is 5.75 Å². The molecule has 2 bridgehead atoms. The first-order chi connectivity index (χ1) is 11.7. The molecule has 4 atom stereocenters. The van der Waals surface area contributed by atoms with Crippen molar-refractivity contribution in [1.29, 1.82) is 0 Å². The number of fused-ring (bicyclic) bond motifs is 4. The van der Waals surface area contributed by atoms with Gasteiger partial charge in [-0.2, -0.15) is 0 Å². The second-order valence-electron chi connectivity index (χ2n) is 6.85. The summed E-state index contributed by atoms with van der Waals surface area (Å²) in [4.78, 5) is 6.87. The fraction of sp³-hybridized carbons (Fsp3) is 0.450. The fourth-order valence-electron chi connectivity index (χ4n) is 4.34. The molecule has 1 N–H and O–H groups in total.